The number of anilines is 2. The second kappa shape index (κ2) is 4.14. The minimum Gasteiger partial charge on any atom is -0.361 e. The molecule has 1 heterocycles. The zero-order valence-electron chi connectivity index (χ0n) is 7.10. The molecule has 0 spiro atoms. The van der Waals surface area contributed by atoms with Crippen molar-refractivity contribution in [3.05, 3.63) is 18.2 Å². The molecule has 7 heteroatoms. The molecule has 1 aromatic heterocycles. The molecule has 1 aromatic rings. The van der Waals surface area contributed by atoms with Crippen molar-refractivity contribution in [2.24, 2.45) is 5.84 Å². The zero-order chi connectivity index (χ0) is 10.6. The largest absolute Gasteiger partial charge is 0.405 e. The fraction of sp³-hybridized carbons (Fsp3) is 0.286. The van der Waals surface area contributed by atoms with Gasteiger partial charge in [0.1, 0.15) is 18.2 Å². The molecule has 14 heavy (non-hydrogen) atoms. The number of hydrogen-bond acceptors (Lipinski definition) is 4. The Morgan fingerprint density at radius 2 is 1.93 bits per heavy atom. The highest BCUT2D eigenvalue weighted by molar-refractivity contribution is 5.44. The molecule has 0 saturated heterocycles. The number of alkyl halides is 3. The molecule has 0 bridgehead atoms. The van der Waals surface area contributed by atoms with Gasteiger partial charge in [-0.15, -0.1) is 0 Å². The second-order valence-corrected chi connectivity index (χ2v) is 2.52. The lowest BCUT2D eigenvalue weighted by molar-refractivity contribution is -0.115. The van der Waals surface area contributed by atoms with Crippen LogP contribution in [-0.2, 0) is 0 Å². The number of nitrogen functional groups attached to an aromatic ring is 1. The summed E-state index contributed by atoms with van der Waals surface area (Å²) in [6.07, 6.45) is -4.26. The molecule has 78 valence electrons. The average molecular weight is 206 g/mol. The van der Waals surface area contributed by atoms with Crippen LogP contribution in [0.5, 0.6) is 0 Å². The van der Waals surface area contributed by atoms with Gasteiger partial charge in [-0.05, 0) is 12.1 Å². The monoisotopic (exact) mass is 206 g/mol. The first-order valence-electron chi connectivity index (χ1n) is 3.75. The van der Waals surface area contributed by atoms with Crippen LogP contribution in [-0.4, -0.2) is 17.7 Å². The van der Waals surface area contributed by atoms with Gasteiger partial charge in [0.25, 0.3) is 0 Å². The third kappa shape index (κ3) is 3.48. The van der Waals surface area contributed by atoms with Crippen molar-refractivity contribution in [3.8, 4) is 0 Å². The molecule has 0 aliphatic heterocycles. The Bertz CT molecular complexity index is 299. The number of rotatable bonds is 3. The van der Waals surface area contributed by atoms with E-state index in [4.69, 9.17) is 5.84 Å². The van der Waals surface area contributed by atoms with Gasteiger partial charge in [0.15, 0.2) is 0 Å². The highest BCUT2D eigenvalue weighted by Gasteiger charge is 2.26. The van der Waals surface area contributed by atoms with Crippen LogP contribution < -0.4 is 16.6 Å². The maximum Gasteiger partial charge on any atom is 0.405 e. The standard InChI is InChI=1S/C7H9F3N4/c8-7(9,10)4-12-5-2-1-3-6(13-5)14-11/h1-3H,4,11H2,(H2,12,13,14). The molecular weight excluding hydrogens is 197 g/mol. The van der Waals surface area contributed by atoms with E-state index in [0.717, 1.165) is 0 Å². The van der Waals surface area contributed by atoms with Gasteiger partial charge < -0.3 is 10.7 Å². The van der Waals surface area contributed by atoms with Crippen LogP contribution in [0.1, 0.15) is 0 Å². The first kappa shape index (κ1) is 10.6. The number of nitrogens with one attached hydrogen (secondary N) is 2. The summed E-state index contributed by atoms with van der Waals surface area (Å²) in [5.74, 6) is 5.46. The van der Waals surface area contributed by atoms with Crippen molar-refractivity contribution in [1.29, 1.82) is 0 Å². The predicted molar refractivity (Wildman–Crippen MR) is 46.6 cm³/mol. The molecule has 4 N–H and O–H groups in total. The number of hydrogen-bond donors (Lipinski definition) is 3. The number of aromatic nitrogens is 1. The Hall–Kier alpha value is -1.50. The third-order valence-corrected chi connectivity index (χ3v) is 1.37. The molecular formula is C7H9F3N4. The summed E-state index contributed by atoms with van der Waals surface area (Å²) in [5, 5.41) is 2.13. The van der Waals surface area contributed by atoms with Crippen LogP contribution in [0.15, 0.2) is 18.2 Å². The summed E-state index contributed by atoms with van der Waals surface area (Å²) in [6.45, 7) is -1.12. The maximum absolute atomic E-state index is 11.8. The van der Waals surface area contributed by atoms with Gasteiger partial charge in [-0.3, -0.25) is 0 Å². The van der Waals surface area contributed by atoms with Crippen molar-refractivity contribution in [1.82, 2.24) is 4.98 Å². The van der Waals surface area contributed by atoms with E-state index in [9.17, 15) is 13.2 Å². The van der Waals surface area contributed by atoms with E-state index in [1.807, 2.05) is 0 Å². The minimum absolute atomic E-state index is 0.123. The number of pyridine rings is 1. The Morgan fingerprint density at radius 3 is 2.50 bits per heavy atom. The summed E-state index contributed by atoms with van der Waals surface area (Å²) in [7, 11) is 0. The van der Waals surface area contributed by atoms with Crippen molar-refractivity contribution in [2.45, 2.75) is 6.18 Å². The molecule has 0 aromatic carbocycles. The lowest BCUT2D eigenvalue weighted by Gasteiger charge is -2.09. The normalized spacial score (nSPS) is 11.1. The van der Waals surface area contributed by atoms with E-state index in [2.05, 4.69) is 15.7 Å². The summed E-state index contributed by atoms with van der Waals surface area (Å²) >= 11 is 0. The van der Waals surface area contributed by atoms with Crippen LogP contribution in [0.2, 0.25) is 0 Å². The average Bonchev–Trinajstić information content (AvgIpc) is 2.14. The molecule has 4 nitrogen and oxygen atoms in total. The number of halogens is 3. The summed E-state index contributed by atoms with van der Waals surface area (Å²) < 4.78 is 35.4. The lowest BCUT2D eigenvalue weighted by atomic mass is 10.4. The van der Waals surface area contributed by atoms with E-state index in [1.54, 1.807) is 12.1 Å². The SMILES string of the molecule is NNc1cccc(NCC(F)(F)F)n1. The van der Waals surface area contributed by atoms with Crippen LogP contribution in [0.4, 0.5) is 24.8 Å². The second-order valence-electron chi connectivity index (χ2n) is 2.52. The van der Waals surface area contributed by atoms with Gasteiger partial charge >= 0.3 is 6.18 Å². The van der Waals surface area contributed by atoms with Gasteiger partial charge in [-0.25, -0.2) is 10.8 Å². The van der Waals surface area contributed by atoms with E-state index >= 15 is 0 Å². The van der Waals surface area contributed by atoms with Gasteiger partial charge in [0, 0.05) is 0 Å². The molecule has 0 fully saturated rings. The Morgan fingerprint density at radius 1 is 1.29 bits per heavy atom. The Kier molecular flexibility index (Phi) is 3.13. The Labute approximate surface area is 78.3 Å². The van der Waals surface area contributed by atoms with E-state index in [1.165, 1.54) is 6.07 Å². The topological polar surface area (TPSA) is 63.0 Å². The number of hydrazine groups is 1. The van der Waals surface area contributed by atoms with E-state index in [0.29, 0.717) is 5.82 Å². The van der Waals surface area contributed by atoms with Gasteiger partial charge in [0.2, 0.25) is 0 Å². The predicted octanol–water partition coefficient (Wildman–Crippen LogP) is 1.34. The van der Waals surface area contributed by atoms with E-state index in [-0.39, 0.29) is 5.82 Å². The molecule has 1 rings (SSSR count). The summed E-state index contributed by atoms with van der Waals surface area (Å²) in [5.41, 5.74) is 2.23. The fourth-order valence-corrected chi connectivity index (χ4v) is 0.804. The highest BCUT2D eigenvalue weighted by atomic mass is 19.4. The summed E-state index contributed by atoms with van der Waals surface area (Å²) in [4.78, 5) is 3.75. The fourth-order valence-electron chi connectivity index (χ4n) is 0.804. The lowest BCUT2D eigenvalue weighted by Crippen LogP contribution is -2.22. The first-order valence-corrected chi connectivity index (χ1v) is 3.75. The summed E-state index contributed by atoms with van der Waals surface area (Å²) in [6, 6.07) is 4.51. The van der Waals surface area contributed by atoms with Crippen molar-refractivity contribution in [2.75, 3.05) is 17.3 Å². The van der Waals surface area contributed by atoms with Gasteiger partial charge in [-0.2, -0.15) is 13.2 Å². The Balaban J connectivity index is 2.59. The molecule has 0 unspecified atom stereocenters. The molecule has 0 radical (unpaired) electrons. The van der Waals surface area contributed by atoms with Crippen LogP contribution in [0.25, 0.3) is 0 Å². The molecule has 0 atom stereocenters. The highest BCUT2D eigenvalue weighted by Crippen LogP contribution is 2.16. The van der Waals surface area contributed by atoms with Crippen LogP contribution in [0, 0.1) is 0 Å². The molecule has 0 saturated carbocycles. The van der Waals surface area contributed by atoms with Crippen molar-refractivity contribution < 1.29 is 13.2 Å². The van der Waals surface area contributed by atoms with Crippen molar-refractivity contribution in [3.63, 3.8) is 0 Å². The van der Waals surface area contributed by atoms with Gasteiger partial charge in [-0.1, -0.05) is 6.07 Å². The van der Waals surface area contributed by atoms with Crippen LogP contribution >= 0.6 is 0 Å². The zero-order valence-corrected chi connectivity index (χ0v) is 7.10. The number of nitrogens with zero attached hydrogens (tertiary/aromatic N) is 1. The van der Waals surface area contributed by atoms with Crippen LogP contribution in [0.3, 0.4) is 0 Å². The maximum atomic E-state index is 11.8. The quantitative estimate of drug-likeness (QED) is 0.516. The van der Waals surface area contributed by atoms with Crippen molar-refractivity contribution >= 4 is 11.6 Å². The molecule has 0 aliphatic carbocycles. The first-order chi connectivity index (χ1) is 6.51. The van der Waals surface area contributed by atoms with Gasteiger partial charge in [0.05, 0.1) is 0 Å². The number of nitrogens with two attached hydrogens (primary N) is 1. The molecule has 0 amide bonds. The smallest absolute Gasteiger partial charge is 0.361 e. The molecule has 0 aliphatic rings. The minimum atomic E-state index is -4.26. The van der Waals surface area contributed by atoms with E-state index < -0.39 is 12.7 Å². The third-order valence-electron chi connectivity index (χ3n) is 1.37.